The molecule has 6 nitrogen and oxygen atoms in total. The molecule has 1 aliphatic carbocycles. The highest BCUT2D eigenvalue weighted by Gasteiger charge is 2.40. The van der Waals surface area contributed by atoms with Crippen LogP contribution in [0.2, 0.25) is 0 Å². The maximum absolute atomic E-state index is 11.4. The van der Waals surface area contributed by atoms with E-state index in [1.165, 1.54) is 6.92 Å². The first-order valence-electron chi connectivity index (χ1n) is 9.07. The molecule has 1 saturated carbocycles. The third kappa shape index (κ3) is 2.91. The maximum Gasteiger partial charge on any atom is 0.242 e. The van der Waals surface area contributed by atoms with Crippen molar-refractivity contribution in [2.24, 2.45) is 10.9 Å². The van der Waals surface area contributed by atoms with Crippen molar-refractivity contribution in [1.82, 2.24) is 9.97 Å². The Morgan fingerprint density at radius 3 is 2.86 bits per heavy atom. The van der Waals surface area contributed by atoms with Gasteiger partial charge in [-0.3, -0.25) is 9.78 Å². The van der Waals surface area contributed by atoms with E-state index in [0.29, 0.717) is 12.2 Å². The van der Waals surface area contributed by atoms with Crippen molar-refractivity contribution in [3.8, 4) is 17.2 Å². The van der Waals surface area contributed by atoms with Crippen LogP contribution in [0.5, 0.6) is 0 Å². The molecule has 1 amide bonds. The Hall–Kier alpha value is -3.59. The number of benzene rings is 1. The summed E-state index contributed by atoms with van der Waals surface area (Å²) in [5.41, 5.74) is 10.6. The average Bonchev–Trinajstić information content (AvgIpc) is 2.64. The van der Waals surface area contributed by atoms with Crippen LogP contribution in [-0.4, -0.2) is 21.6 Å². The average molecular weight is 369 g/mol. The first-order chi connectivity index (χ1) is 13.5. The Bertz CT molecular complexity index is 1160. The van der Waals surface area contributed by atoms with Crippen LogP contribution in [0.4, 0.5) is 5.82 Å². The van der Waals surface area contributed by atoms with E-state index in [0.717, 1.165) is 38.9 Å². The monoisotopic (exact) mass is 369 g/mol. The van der Waals surface area contributed by atoms with E-state index in [-0.39, 0.29) is 17.7 Å². The highest BCUT2D eigenvalue weighted by molar-refractivity contribution is 6.04. The minimum absolute atomic E-state index is 0.206. The van der Waals surface area contributed by atoms with E-state index in [4.69, 9.17) is 5.73 Å². The van der Waals surface area contributed by atoms with Gasteiger partial charge in [0.05, 0.1) is 23.6 Å². The summed E-state index contributed by atoms with van der Waals surface area (Å²) in [5, 5.41) is 11.4. The topological polar surface area (TPSA) is 105 Å². The van der Waals surface area contributed by atoms with E-state index in [1.54, 1.807) is 6.20 Å². The Morgan fingerprint density at radius 1 is 1.32 bits per heavy atom. The molecular weight excluding hydrogens is 350 g/mol. The lowest BCUT2D eigenvalue weighted by atomic mass is 9.70. The predicted octanol–water partition coefficient (Wildman–Crippen LogP) is 3.80. The number of hydrogen-bond acceptors (Lipinski definition) is 5. The van der Waals surface area contributed by atoms with Crippen LogP contribution in [0.3, 0.4) is 0 Å². The maximum atomic E-state index is 11.4. The number of aryl methyl sites for hydroxylation is 1. The molecule has 6 heteroatoms. The zero-order valence-electron chi connectivity index (χ0n) is 15.7. The number of nitrogen functional groups attached to an aromatic ring is 1. The lowest BCUT2D eigenvalue weighted by molar-refractivity contribution is -0.115. The summed E-state index contributed by atoms with van der Waals surface area (Å²) in [6.07, 6.45) is 4.03. The molecule has 138 valence electrons. The van der Waals surface area contributed by atoms with E-state index >= 15 is 0 Å². The molecule has 2 heterocycles. The van der Waals surface area contributed by atoms with Crippen molar-refractivity contribution < 1.29 is 4.79 Å². The SMILES string of the molecule is CC(=O)N=C1CC(C#N)C1c1cc2cccc(-c3c(C)ccnc3N)c2cn1. The van der Waals surface area contributed by atoms with E-state index in [1.807, 2.05) is 43.5 Å². The summed E-state index contributed by atoms with van der Waals surface area (Å²) in [4.78, 5) is 24.3. The number of fused-ring (bicyclic) bond motifs is 1. The van der Waals surface area contributed by atoms with Crippen LogP contribution in [-0.2, 0) is 4.79 Å². The van der Waals surface area contributed by atoms with Gasteiger partial charge in [-0.15, -0.1) is 0 Å². The summed E-state index contributed by atoms with van der Waals surface area (Å²) >= 11 is 0. The highest BCUT2D eigenvalue weighted by atomic mass is 16.1. The van der Waals surface area contributed by atoms with Gasteiger partial charge in [0.25, 0.3) is 0 Å². The molecule has 1 aliphatic rings. The highest BCUT2D eigenvalue weighted by Crippen LogP contribution is 2.41. The van der Waals surface area contributed by atoms with Crippen molar-refractivity contribution in [3.05, 3.63) is 54.0 Å². The van der Waals surface area contributed by atoms with Crippen molar-refractivity contribution in [3.63, 3.8) is 0 Å². The number of amides is 1. The molecule has 0 radical (unpaired) electrons. The largest absolute Gasteiger partial charge is 0.383 e. The smallest absolute Gasteiger partial charge is 0.242 e. The number of nitrogens with zero attached hydrogens (tertiary/aromatic N) is 4. The first kappa shape index (κ1) is 17.8. The summed E-state index contributed by atoms with van der Waals surface area (Å²) < 4.78 is 0. The molecule has 0 bridgehead atoms. The second-order valence-corrected chi connectivity index (χ2v) is 7.06. The molecule has 1 aromatic carbocycles. The van der Waals surface area contributed by atoms with Gasteiger partial charge < -0.3 is 5.73 Å². The second-order valence-electron chi connectivity index (χ2n) is 7.06. The fraction of sp³-hybridized carbons (Fsp3) is 0.227. The van der Waals surface area contributed by atoms with Gasteiger partial charge in [-0.25, -0.2) is 9.98 Å². The molecule has 2 aromatic heterocycles. The predicted molar refractivity (Wildman–Crippen MR) is 109 cm³/mol. The molecule has 0 spiro atoms. The minimum Gasteiger partial charge on any atom is -0.383 e. The van der Waals surface area contributed by atoms with Crippen LogP contribution >= 0.6 is 0 Å². The molecule has 2 N–H and O–H groups in total. The summed E-state index contributed by atoms with van der Waals surface area (Å²) in [5.74, 6) is -0.201. The van der Waals surface area contributed by atoms with Crippen molar-refractivity contribution in [2.75, 3.05) is 5.73 Å². The Morgan fingerprint density at radius 2 is 2.14 bits per heavy atom. The second kappa shape index (κ2) is 6.86. The van der Waals surface area contributed by atoms with Crippen molar-refractivity contribution >= 4 is 28.2 Å². The molecule has 0 saturated heterocycles. The fourth-order valence-electron chi connectivity index (χ4n) is 3.86. The minimum atomic E-state index is -0.248. The van der Waals surface area contributed by atoms with Gasteiger partial charge in [-0.05, 0) is 35.6 Å². The van der Waals surface area contributed by atoms with Gasteiger partial charge in [0.2, 0.25) is 5.91 Å². The number of nitrogens with two attached hydrogens (primary N) is 1. The molecular formula is C22H19N5O. The van der Waals surface area contributed by atoms with Crippen LogP contribution < -0.4 is 5.73 Å². The van der Waals surface area contributed by atoms with Gasteiger partial charge >= 0.3 is 0 Å². The summed E-state index contributed by atoms with van der Waals surface area (Å²) in [6, 6.07) is 12.2. The number of carbonyl (C=O) groups is 1. The number of anilines is 1. The number of pyridine rings is 2. The third-order valence-electron chi connectivity index (χ3n) is 5.22. The molecule has 1 fully saturated rings. The summed E-state index contributed by atoms with van der Waals surface area (Å²) in [6.45, 7) is 3.43. The van der Waals surface area contributed by atoms with E-state index in [9.17, 15) is 10.1 Å². The molecule has 4 rings (SSSR count). The van der Waals surface area contributed by atoms with E-state index in [2.05, 4.69) is 21.0 Å². The lowest BCUT2D eigenvalue weighted by Crippen LogP contribution is -2.35. The van der Waals surface area contributed by atoms with Gasteiger partial charge in [-0.2, -0.15) is 5.26 Å². The molecule has 2 atom stereocenters. The normalized spacial score (nSPS) is 20.0. The van der Waals surface area contributed by atoms with E-state index < -0.39 is 0 Å². The number of rotatable bonds is 2. The number of hydrogen-bond donors (Lipinski definition) is 1. The van der Waals surface area contributed by atoms with Crippen LogP contribution in [0, 0.1) is 24.2 Å². The van der Waals surface area contributed by atoms with Crippen LogP contribution in [0.1, 0.15) is 30.5 Å². The third-order valence-corrected chi connectivity index (χ3v) is 5.22. The number of aromatic nitrogens is 2. The van der Waals surface area contributed by atoms with Crippen molar-refractivity contribution in [2.45, 2.75) is 26.2 Å². The quantitative estimate of drug-likeness (QED) is 0.739. The molecule has 2 unspecified atom stereocenters. The Labute approximate surface area is 162 Å². The number of nitriles is 1. The number of aliphatic imine (C=N–C) groups is 1. The van der Waals surface area contributed by atoms with Gasteiger partial charge in [0.15, 0.2) is 0 Å². The standard InChI is InChI=1S/C22H19N5O/c1-12-6-7-25-22(24)20(12)16-5-3-4-14-8-18(26-11-17(14)16)21-15(10-23)9-19(21)27-13(2)28/h3-8,11,15,21H,9H2,1-2H3,(H2,24,25). The summed E-state index contributed by atoms with van der Waals surface area (Å²) in [7, 11) is 0. The molecule has 0 aliphatic heterocycles. The lowest BCUT2D eigenvalue weighted by Gasteiger charge is -2.33. The zero-order valence-corrected chi connectivity index (χ0v) is 15.7. The molecule has 28 heavy (non-hydrogen) atoms. The van der Waals surface area contributed by atoms with Gasteiger partial charge in [0, 0.05) is 42.4 Å². The van der Waals surface area contributed by atoms with Crippen LogP contribution in [0.15, 0.2) is 47.7 Å². The Balaban J connectivity index is 1.84. The zero-order chi connectivity index (χ0) is 19.8. The van der Waals surface area contributed by atoms with Gasteiger partial charge in [-0.1, -0.05) is 18.2 Å². The fourth-order valence-corrected chi connectivity index (χ4v) is 3.86. The van der Waals surface area contributed by atoms with Crippen molar-refractivity contribution in [1.29, 1.82) is 5.26 Å². The van der Waals surface area contributed by atoms with Crippen LogP contribution in [0.25, 0.3) is 21.9 Å². The van der Waals surface area contributed by atoms with Gasteiger partial charge in [0.1, 0.15) is 5.82 Å². The molecule has 3 aromatic rings. The first-order valence-corrected chi connectivity index (χ1v) is 9.07. The number of carbonyl (C=O) groups excluding carboxylic acids is 1. The Kier molecular flexibility index (Phi) is 4.36.